The number of phosphoric acid groups is 2. The van der Waals surface area contributed by atoms with Gasteiger partial charge in [-0.2, -0.15) is 0 Å². The smallest absolute Gasteiger partial charge is 0.462 e. The van der Waals surface area contributed by atoms with Crippen molar-refractivity contribution in [2.75, 3.05) is 39.6 Å². The molecule has 0 radical (unpaired) electrons. The molecule has 0 aliphatic rings. The SMILES string of the molecule is CCCCCCCCCCCCCCCCC(=O)OC[C@H](COP(=O)(O)OC[C@@H](O)COP(=O)(O)OC[C@@H](COC(=O)CCCCCCCCC)OC(=O)CCCCCCCCCCCC)OC(=O)CCCCCCCCCCCCCCCCCC(C)C. The second-order valence-electron chi connectivity index (χ2n) is 25.7. The van der Waals surface area contributed by atoms with Gasteiger partial charge in [0.2, 0.25) is 0 Å². The van der Waals surface area contributed by atoms with Crippen LogP contribution in [0.25, 0.3) is 0 Å². The van der Waals surface area contributed by atoms with Gasteiger partial charge in [-0.15, -0.1) is 0 Å². The van der Waals surface area contributed by atoms with Gasteiger partial charge in [-0.25, -0.2) is 9.13 Å². The van der Waals surface area contributed by atoms with Crippen molar-refractivity contribution < 1.29 is 80.2 Å². The first kappa shape index (κ1) is 87.1. The minimum atomic E-state index is -4.95. The third-order valence-corrected chi connectivity index (χ3v) is 18.2. The number of ether oxygens (including phenoxy) is 4. The fourth-order valence-electron chi connectivity index (χ4n) is 10.6. The summed E-state index contributed by atoms with van der Waals surface area (Å²) in [6.45, 7) is 7.23. The van der Waals surface area contributed by atoms with E-state index in [4.69, 9.17) is 37.0 Å². The van der Waals surface area contributed by atoms with Crippen LogP contribution in [0.1, 0.15) is 362 Å². The first-order valence-electron chi connectivity index (χ1n) is 36.6. The van der Waals surface area contributed by atoms with Crippen LogP contribution >= 0.6 is 15.6 Å². The van der Waals surface area contributed by atoms with Crippen molar-refractivity contribution >= 4 is 39.5 Å². The lowest BCUT2D eigenvalue weighted by atomic mass is 10.0. The minimum Gasteiger partial charge on any atom is -0.462 e. The molecule has 0 saturated heterocycles. The number of aliphatic hydroxyl groups is 1. The predicted octanol–water partition coefficient (Wildman–Crippen LogP) is 20.1. The number of hydrogen-bond donors (Lipinski definition) is 3. The van der Waals surface area contributed by atoms with Gasteiger partial charge in [-0.05, 0) is 31.6 Å². The number of esters is 4. The molecule has 19 heteroatoms. The van der Waals surface area contributed by atoms with E-state index in [0.717, 1.165) is 109 Å². The predicted molar refractivity (Wildman–Crippen MR) is 358 cm³/mol. The first-order chi connectivity index (χ1) is 43.0. The highest BCUT2D eigenvalue weighted by Crippen LogP contribution is 2.45. The molecule has 0 aromatic carbocycles. The Balaban J connectivity index is 5.18. The Kier molecular flexibility index (Phi) is 62.1. The van der Waals surface area contributed by atoms with Crippen LogP contribution in [-0.4, -0.2) is 96.7 Å². The third-order valence-electron chi connectivity index (χ3n) is 16.3. The molecule has 89 heavy (non-hydrogen) atoms. The number of aliphatic hydroxyl groups excluding tert-OH is 1. The molecule has 0 spiro atoms. The number of carbonyl (C=O) groups excluding carboxylic acids is 4. The Morgan fingerprint density at radius 1 is 0.303 bits per heavy atom. The van der Waals surface area contributed by atoms with Gasteiger partial charge >= 0.3 is 39.5 Å². The number of unbranched alkanes of at least 4 members (excludes halogenated alkanes) is 42. The van der Waals surface area contributed by atoms with Gasteiger partial charge in [0.1, 0.15) is 19.3 Å². The summed E-state index contributed by atoms with van der Waals surface area (Å²) >= 11 is 0. The molecule has 0 aliphatic carbocycles. The topological polar surface area (TPSA) is 237 Å². The summed E-state index contributed by atoms with van der Waals surface area (Å²) in [5, 5.41) is 10.6. The molecular formula is C70H136O17P2. The average Bonchev–Trinajstić information content (AvgIpc) is 3.69. The Labute approximate surface area is 543 Å². The highest BCUT2D eigenvalue weighted by Gasteiger charge is 2.30. The Hall–Kier alpha value is -1.94. The quantitative estimate of drug-likeness (QED) is 0.0222. The molecule has 2 unspecified atom stereocenters. The van der Waals surface area contributed by atoms with Crippen molar-refractivity contribution in [2.45, 2.75) is 380 Å². The van der Waals surface area contributed by atoms with Gasteiger partial charge < -0.3 is 33.8 Å². The summed E-state index contributed by atoms with van der Waals surface area (Å²) in [6, 6.07) is 0. The van der Waals surface area contributed by atoms with Gasteiger partial charge in [0.05, 0.1) is 26.4 Å². The summed E-state index contributed by atoms with van der Waals surface area (Å²) in [5.74, 6) is -1.32. The van der Waals surface area contributed by atoms with E-state index in [1.54, 1.807) is 0 Å². The van der Waals surface area contributed by atoms with E-state index in [0.29, 0.717) is 25.7 Å². The molecule has 0 heterocycles. The van der Waals surface area contributed by atoms with E-state index < -0.39 is 97.5 Å². The van der Waals surface area contributed by atoms with Crippen molar-refractivity contribution in [3.05, 3.63) is 0 Å². The average molecular weight is 1310 g/mol. The highest BCUT2D eigenvalue weighted by molar-refractivity contribution is 7.47. The summed E-state index contributed by atoms with van der Waals surface area (Å²) in [5.41, 5.74) is 0. The van der Waals surface area contributed by atoms with E-state index in [1.165, 1.54) is 173 Å². The molecule has 0 aromatic rings. The molecule has 0 aromatic heterocycles. The molecule has 0 saturated carbocycles. The first-order valence-corrected chi connectivity index (χ1v) is 39.6. The molecule has 0 rings (SSSR count). The maximum atomic E-state index is 13.0. The van der Waals surface area contributed by atoms with Gasteiger partial charge in [0.25, 0.3) is 0 Å². The third kappa shape index (κ3) is 64.6. The lowest BCUT2D eigenvalue weighted by Gasteiger charge is -2.21. The second kappa shape index (κ2) is 63.5. The summed E-state index contributed by atoms with van der Waals surface area (Å²) in [6.07, 6.45) is 50.0. The highest BCUT2D eigenvalue weighted by atomic mass is 31.2. The van der Waals surface area contributed by atoms with Crippen molar-refractivity contribution in [1.29, 1.82) is 0 Å². The zero-order valence-electron chi connectivity index (χ0n) is 57.6. The van der Waals surface area contributed by atoms with Gasteiger partial charge in [-0.3, -0.25) is 37.3 Å². The Morgan fingerprint density at radius 3 is 0.764 bits per heavy atom. The van der Waals surface area contributed by atoms with E-state index in [9.17, 15) is 43.2 Å². The Morgan fingerprint density at radius 2 is 0.517 bits per heavy atom. The molecule has 0 fully saturated rings. The normalized spacial score (nSPS) is 14.1. The van der Waals surface area contributed by atoms with Gasteiger partial charge in [0.15, 0.2) is 12.2 Å². The van der Waals surface area contributed by atoms with Crippen LogP contribution in [0.2, 0.25) is 0 Å². The summed E-state index contributed by atoms with van der Waals surface area (Å²) in [4.78, 5) is 72.4. The molecule has 0 aliphatic heterocycles. The maximum Gasteiger partial charge on any atom is 0.472 e. The standard InChI is InChI=1S/C70H136O17P2/c1-6-9-12-15-18-20-22-23-28-31-35-39-44-49-54-68(73)81-60-66(87-70(75)56-51-46-41-36-32-29-26-24-25-27-30-33-38-42-47-52-63(4)5)62-85-89(78,79)83-58-64(71)57-82-88(76,77)84-61-65(59-80-67(72)53-48-43-37-17-14-11-8-3)86-69(74)55-50-45-40-34-21-19-16-13-10-7-2/h63-66,71H,6-62H2,1-5H3,(H,76,77)(H,78,79)/t64-,65+,66+/m0/s1. The summed E-state index contributed by atoms with van der Waals surface area (Å²) < 4.78 is 68.2. The van der Waals surface area contributed by atoms with Crippen LogP contribution in [-0.2, 0) is 65.4 Å². The van der Waals surface area contributed by atoms with Crippen molar-refractivity contribution in [2.24, 2.45) is 5.92 Å². The molecule has 5 atom stereocenters. The van der Waals surface area contributed by atoms with Crippen molar-refractivity contribution in [3.63, 3.8) is 0 Å². The van der Waals surface area contributed by atoms with Crippen LogP contribution in [0.4, 0.5) is 0 Å². The molecular weight excluding hydrogens is 1170 g/mol. The largest absolute Gasteiger partial charge is 0.472 e. The fourth-order valence-corrected chi connectivity index (χ4v) is 12.2. The zero-order chi connectivity index (χ0) is 65.6. The van der Waals surface area contributed by atoms with E-state index >= 15 is 0 Å². The fraction of sp³-hybridized carbons (Fsp3) is 0.943. The van der Waals surface area contributed by atoms with Crippen molar-refractivity contribution in [3.8, 4) is 0 Å². The molecule has 0 bridgehead atoms. The van der Waals surface area contributed by atoms with Gasteiger partial charge in [-0.1, -0.05) is 311 Å². The van der Waals surface area contributed by atoms with Crippen LogP contribution in [0, 0.1) is 5.92 Å². The number of phosphoric ester groups is 2. The zero-order valence-corrected chi connectivity index (χ0v) is 59.4. The number of hydrogen-bond acceptors (Lipinski definition) is 15. The minimum absolute atomic E-state index is 0.106. The van der Waals surface area contributed by atoms with Crippen molar-refractivity contribution in [1.82, 2.24) is 0 Å². The second-order valence-corrected chi connectivity index (χ2v) is 28.7. The van der Waals surface area contributed by atoms with E-state index in [2.05, 4.69) is 34.6 Å². The lowest BCUT2D eigenvalue weighted by molar-refractivity contribution is -0.161. The lowest BCUT2D eigenvalue weighted by Crippen LogP contribution is -2.30. The van der Waals surface area contributed by atoms with Crippen LogP contribution in [0.15, 0.2) is 0 Å². The van der Waals surface area contributed by atoms with Crippen LogP contribution in [0.3, 0.4) is 0 Å². The van der Waals surface area contributed by atoms with Crippen LogP contribution < -0.4 is 0 Å². The van der Waals surface area contributed by atoms with Crippen LogP contribution in [0.5, 0.6) is 0 Å². The summed E-state index contributed by atoms with van der Waals surface area (Å²) in [7, 11) is -9.89. The molecule has 528 valence electrons. The number of rotatable bonds is 70. The molecule has 0 amide bonds. The monoisotopic (exact) mass is 1310 g/mol. The maximum absolute atomic E-state index is 13.0. The van der Waals surface area contributed by atoms with E-state index in [-0.39, 0.29) is 25.7 Å². The number of carbonyl (C=O) groups is 4. The molecule has 3 N–H and O–H groups in total. The Bertz CT molecular complexity index is 1720. The molecule has 17 nitrogen and oxygen atoms in total. The van der Waals surface area contributed by atoms with Gasteiger partial charge in [0, 0.05) is 25.7 Å². The van der Waals surface area contributed by atoms with E-state index in [1.807, 2.05) is 0 Å².